The summed E-state index contributed by atoms with van der Waals surface area (Å²) in [5, 5.41) is 6.46. The van der Waals surface area contributed by atoms with Crippen LogP contribution in [0.3, 0.4) is 0 Å². The summed E-state index contributed by atoms with van der Waals surface area (Å²) in [6.45, 7) is 8.49. The Morgan fingerprint density at radius 2 is 2.10 bits per heavy atom. The number of rotatable bonds is 7. The molecule has 5 heteroatoms. The fraction of sp³-hybridized carbons (Fsp3) is 0.562. The largest absolute Gasteiger partial charge is 0.494 e. The molecule has 0 spiro atoms. The number of ether oxygens (including phenoxy) is 1. The van der Waals surface area contributed by atoms with Crippen LogP contribution in [0.5, 0.6) is 5.75 Å². The van der Waals surface area contributed by atoms with E-state index in [-0.39, 0.29) is 11.6 Å². The van der Waals surface area contributed by atoms with Crippen LogP contribution in [0.2, 0.25) is 0 Å². The van der Waals surface area contributed by atoms with E-state index in [9.17, 15) is 4.39 Å². The summed E-state index contributed by atoms with van der Waals surface area (Å²) in [5.74, 6) is 1.30. The van der Waals surface area contributed by atoms with Crippen LogP contribution in [0, 0.1) is 11.7 Å². The minimum atomic E-state index is -0.358. The van der Waals surface area contributed by atoms with Gasteiger partial charge in [0.05, 0.1) is 13.7 Å². The maximum Gasteiger partial charge on any atom is 0.191 e. The molecule has 0 fully saturated rings. The highest BCUT2D eigenvalue weighted by molar-refractivity contribution is 5.79. The van der Waals surface area contributed by atoms with Crippen LogP contribution in [0.25, 0.3) is 0 Å². The molecule has 0 aliphatic heterocycles. The average Bonchev–Trinajstić information content (AvgIpc) is 2.44. The van der Waals surface area contributed by atoms with Gasteiger partial charge in [-0.3, -0.25) is 0 Å². The predicted octanol–water partition coefficient (Wildman–Crippen LogP) is 2.94. The Balaban J connectivity index is 2.62. The lowest BCUT2D eigenvalue weighted by Crippen LogP contribution is -2.38. The van der Waals surface area contributed by atoms with Crippen LogP contribution in [-0.2, 0) is 6.54 Å². The van der Waals surface area contributed by atoms with Gasteiger partial charge in [0.25, 0.3) is 0 Å². The van der Waals surface area contributed by atoms with Crippen molar-refractivity contribution >= 4 is 5.96 Å². The molecule has 0 heterocycles. The molecule has 0 bridgehead atoms. The molecule has 0 aliphatic rings. The molecule has 4 nitrogen and oxygen atoms in total. The van der Waals surface area contributed by atoms with Crippen molar-refractivity contribution in [3.8, 4) is 5.75 Å². The molecular weight excluding hydrogens is 269 g/mol. The summed E-state index contributed by atoms with van der Waals surface area (Å²) in [7, 11) is 1.46. The Bertz CT molecular complexity index is 461. The number of benzene rings is 1. The second-order valence-corrected chi connectivity index (χ2v) is 5.27. The first kappa shape index (κ1) is 17.3. The van der Waals surface area contributed by atoms with Gasteiger partial charge in [-0.25, -0.2) is 9.38 Å². The summed E-state index contributed by atoms with van der Waals surface area (Å²) >= 11 is 0. The summed E-state index contributed by atoms with van der Waals surface area (Å²) in [5.41, 5.74) is 0.814. The summed E-state index contributed by atoms with van der Waals surface area (Å²) < 4.78 is 18.5. The quantitative estimate of drug-likeness (QED) is 0.600. The van der Waals surface area contributed by atoms with Crippen LogP contribution < -0.4 is 15.4 Å². The molecule has 118 valence electrons. The van der Waals surface area contributed by atoms with Crippen molar-refractivity contribution in [1.29, 1.82) is 0 Å². The van der Waals surface area contributed by atoms with Crippen molar-refractivity contribution in [1.82, 2.24) is 10.6 Å². The molecule has 0 saturated heterocycles. The molecule has 1 rings (SSSR count). The minimum absolute atomic E-state index is 0.254. The van der Waals surface area contributed by atoms with Gasteiger partial charge in [0.1, 0.15) is 0 Å². The molecule has 0 unspecified atom stereocenters. The minimum Gasteiger partial charge on any atom is -0.494 e. The number of nitrogens with one attached hydrogen (secondary N) is 2. The predicted molar refractivity (Wildman–Crippen MR) is 85.2 cm³/mol. The fourth-order valence-corrected chi connectivity index (χ4v) is 1.80. The zero-order valence-corrected chi connectivity index (χ0v) is 13.4. The topological polar surface area (TPSA) is 45.7 Å². The second-order valence-electron chi connectivity index (χ2n) is 5.27. The number of aliphatic imine (C=N–C) groups is 1. The van der Waals surface area contributed by atoms with Gasteiger partial charge in [0.2, 0.25) is 0 Å². The van der Waals surface area contributed by atoms with Gasteiger partial charge in [0.15, 0.2) is 17.5 Å². The van der Waals surface area contributed by atoms with Crippen molar-refractivity contribution in [3.05, 3.63) is 29.6 Å². The van der Waals surface area contributed by atoms with Crippen molar-refractivity contribution in [3.63, 3.8) is 0 Å². The Morgan fingerprint density at radius 1 is 1.33 bits per heavy atom. The van der Waals surface area contributed by atoms with Gasteiger partial charge >= 0.3 is 0 Å². The lowest BCUT2D eigenvalue weighted by molar-refractivity contribution is 0.386. The number of methoxy groups -OCH3 is 1. The fourth-order valence-electron chi connectivity index (χ4n) is 1.80. The molecular formula is C16H26FN3O. The molecule has 0 radical (unpaired) electrons. The SMILES string of the molecule is CCNC(=NCc1ccc(OC)c(F)c1)NCCC(C)C. The first-order valence-electron chi connectivity index (χ1n) is 7.41. The standard InChI is InChI=1S/C16H26FN3O/c1-5-18-16(19-9-8-12(2)3)20-11-13-6-7-15(21-4)14(17)10-13/h6-7,10,12H,5,8-9,11H2,1-4H3,(H2,18,19,20). The van der Waals surface area contributed by atoms with Crippen LogP contribution in [0.4, 0.5) is 4.39 Å². The average molecular weight is 295 g/mol. The number of hydrogen-bond acceptors (Lipinski definition) is 2. The maximum atomic E-state index is 13.6. The van der Waals surface area contributed by atoms with Gasteiger partial charge < -0.3 is 15.4 Å². The van der Waals surface area contributed by atoms with Crippen molar-refractivity contribution < 1.29 is 9.13 Å². The highest BCUT2D eigenvalue weighted by Gasteiger charge is 2.04. The highest BCUT2D eigenvalue weighted by Crippen LogP contribution is 2.17. The number of nitrogens with zero attached hydrogens (tertiary/aromatic N) is 1. The van der Waals surface area contributed by atoms with Gasteiger partial charge in [-0.05, 0) is 37.0 Å². The third-order valence-corrected chi connectivity index (χ3v) is 2.99. The summed E-state index contributed by atoms with van der Waals surface area (Å²) in [4.78, 5) is 4.46. The van der Waals surface area contributed by atoms with E-state index in [2.05, 4.69) is 29.5 Å². The molecule has 0 aromatic heterocycles. The van der Waals surface area contributed by atoms with Gasteiger partial charge in [-0.2, -0.15) is 0 Å². The smallest absolute Gasteiger partial charge is 0.191 e. The van der Waals surface area contributed by atoms with E-state index in [1.54, 1.807) is 6.07 Å². The van der Waals surface area contributed by atoms with Crippen LogP contribution in [0.1, 0.15) is 32.8 Å². The lowest BCUT2D eigenvalue weighted by atomic mass is 10.1. The van der Waals surface area contributed by atoms with Crippen molar-refractivity contribution in [2.24, 2.45) is 10.9 Å². The van der Waals surface area contributed by atoms with E-state index in [0.29, 0.717) is 12.5 Å². The molecule has 0 atom stereocenters. The molecule has 0 saturated carbocycles. The van der Waals surface area contributed by atoms with Crippen LogP contribution in [0.15, 0.2) is 23.2 Å². The summed E-state index contributed by atoms with van der Waals surface area (Å²) in [6.07, 6.45) is 1.08. The van der Waals surface area contributed by atoms with Crippen LogP contribution >= 0.6 is 0 Å². The van der Waals surface area contributed by atoms with Crippen LogP contribution in [-0.4, -0.2) is 26.2 Å². The monoisotopic (exact) mass is 295 g/mol. The zero-order valence-electron chi connectivity index (χ0n) is 13.4. The second kappa shape index (κ2) is 9.21. The maximum absolute atomic E-state index is 13.6. The van der Waals surface area contributed by atoms with Crippen molar-refractivity contribution in [2.75, 3.05) is 20.2 Å². The molecule has 21 heavy (non-hydrogen) atoms. The number of guanidine groups is 1. The van der Waals surface area contributed by atoms with Gasteiger partial charge in [-0.15, -0.1) is 0 Å². The first-order chi connectivity index (χ1) is 10.1. The molecule has 0 amide bonds. The van der Waals surface area contributed by atoms with Gasteiger partial charge in [-0.1, -0.05) is 19.9 Å². The Labute approximate surface area is 126 Å². The summed E-state index contributed by atoms with van der Waals surface area (Å²) in [6, 6.07) is 4.91. The normalized spacial score (nSPS) is 11.6. The number of hydrogen-bond donors (Lipinski definition) is 2. The third kappa shape index (κ3) is 6.47. The number of halogens is 1. The first-order valence-corrected chi connectivity index (χ1v) is 7.41. The third-order valence-electron chi connectivity index (χ3n) is 2.99. The Hall–Kier alpha value is -1.78. The molecule has 2 N–H and O–H groups in total. The lowest BCUT2D eigenvalue weighted by Gasteiger charge is -2.12. The van der Waals surface area contributed by atoms with E-state index in [0.717, 1.165) is 31.0 Å². The molecule has 1 aromatic carbocycles. The Kier molecular flexibility index (Phi) is 7.58. The molecule has 1 aromatic rings. The Morgan fingerprint density at radius 3 is 2.67 bits per heavy atom. The highest BCUT2D eigenvalue weighted by atomic mass is 19.1. The van der Waals surface area contributed by atoms with Gasteiger partial charge in [0, 0.05) is 13.1 Å². The molecule has 0 aliphatic carbocycles. The van der Waals surface area contributed by atoms with Crippen molar-refractivity contribution in [2.45, 2.75) is 33.7 Å². The van der Waals surface area contributed by atoms with E-state index < -0.39 is 0 Å². The van der Waals surface area contributed by atoms with E-state index >= 15 is 0 Å². The van der Waals surface area contributed by atoms with E-state index in [1.807, 2.05) is 13.0 Å². The zero-order chi connectivity index (χ0) is 15.7. The van der Waals surface area contributed by atoms with E-state index in [4.69, 9.17) is 4.74 Å². The van der Waals surface area contributed by atoms with E-state index in [1.165, 1.54) is 13.2 Å².